The molecule has 1 aromatic carbocycles. The minimum absolute atomic E-state index is 0.158. The zero-order valence-corrected chi connectivity index (χ0v) is 8.11. The number of benzene rings is 1. The van der Waals surface area contributed by atoms with E-state index in [1.807, 2.05) is 6.07 Å². The van der Waals surface area contributed by atoms with Gasteiger partial charge >= 0.3 is 5.97 Å². The standard InChI is InChI=1S/C10H10N2O3/c1-5-9(12)7(4-11)2-6(10(5)15)3-8(13)14/h2,15H,3,12H2,1H3,(H,13,14). The van der Waals surface area contributed by atoms with Crippen LogP contribution in [0, 0.1) is 18.3 Å². The number of phenols is 1. The number of hydrogen-bond donors (Lipinski definition) is 3. The van der Waals surface area contributed by atoms with E-state index in [9.17, 15) is 9.90 Å². The van der Waals surface area contributed by atoms with E-state index >= 15 is 0 Å². The predicted octanol–water partition coefficient (Wildman–Crippen LogP) is 0.782. The van der Waals surface area contributed by atoms with Gasteiger partial charge in [0.15, 0.2) is 0 Å². The zero-order valence-electron chi connectivity index (χ0n) is 8.11. The van der Waals surface area contributed by atoms with Gasteiger partial charge in [-0.1, -0.05) is 0 Å². The number of nitrogen functional groups attached to an aromatic ring is 1. The van der Waals surface area contributed by atoms with Crippen LogP contribution in [0.4, 0.5) is 5.69 Å². The number of nitriles is 1. The smallest absolute Gasteiger partial charge is 0.307 e. The highest BCUT2D eigenvalue weighted by atomic mass is 16.4. The first-order chi connectivity index (χ1) is 6.97. The molecule has 0 atom stereocenters. The van der Waals surface area contributed by atoms with Crippen molar-refractivity contribution in [3.63, 3.8) is 0 Å². The van der Waals surface area contributed by atoms with Gasteiger partial charge in [-0.25, -0.2) is 0 Å². The maximum atomic E-state index is 10.5. The van der Waals surface area contributed by atoms with Gasteiger partial charge in [-0.2, -0.15) is 5.26 Å². The highest BCUT2D eigenvalue weighted by Crippen LogP contribution is 2.30. The van der Waals surface area contributed by atoms with Crippen molar-refractivity contribution in [1.29, 1.82) is 5.26 Å². The second-order valence-corrected chi connectivity index (χ2v) is 3.15. The van der Waals surface area contributed by atoms with Crippen molar-refractivity contribution in [2.24, 2.45) is 0 Å². The van der Waals surface area contributed by atoms with E-state index in [4.69, 9.17) is 16.1 Å². The topological polar surface area (TPSA) is 107 Å². The van der Waals surface area contributed by atoms with Crippen LogP contribution in [0.15, 0.2) is 6.07 Å². The second-order valence-electron chi connectivity index (χ2n) is 3.15. The Bertz CT molecular complexity index is 461. The Hall–Kier alpha value is -2.22. The predicted molar refractivity (Wildman–Crippen MR) is 53.3 cm³/mol. The Kier molecular flexibility index (Phi) is 2.81. The average molecular weight is 206 g/mol. The lowest BCUT2D eigenvalue weighted by Gasteiger charge is -2.09. The fourth-order valence-electron chi connectivity index (χ4n) is 1.28. The Balaban J connectivity index is 3.36. The third kappa shape index (κ3) is 1.99. The third-order valence-corrected chi connectivity index (χ3v) is 2.13. The van der Waals surface area contributed by atoms with Crippen molar-refractivity contribution >= 4 is 11.7 Å². The third-order valence-electron chi connectivity index (χ3n) is 2.13. The summed E-state index contributed by atoms with van der Waals surface area (Å²) >= 11 is 0. The van der Waals surface area contributed by atoms with E-state index in [1.54, 1.807) is 0 Å². The molecule has 1 aromatic rings. The molecule has 0 fully saturated rings. The van der Waals surface area contributed by atoms with Crippen LogP contribution < -0.4 is 5.73 Å². The van der Waals surface area contributed by atoms with Gasteiger partial charge in [0.05, 0.1) is 17.7 Å². The van der Waals surface area contributed by atoms with E-state index in [-0.39, 0.29) is 29.0 Å². The van der Waals surface area contributed by atoms with Crippen molar-refractivity contribution in [2.45, 2.75) is 13.3 Å². The van der Waals surface area contributed by atoms with Crippen LogP contribution in [0.5, 0.6) is 5.75 Å². The number of rotatable bonds is 2. The molecule has 0 aliphatic heterocycles. The maximum Gasteiger partial charge on any atom is 0.307 e. The number of nitrogens with two attached hydrogens (primary N) is 1. The Morgan fingerprint density at radius 1 is 1.67 bits per heavy atom. The molecule has 0 aliphatic rings. The van der Waals surface area contributed by atoms with Crippen molar-refractivity contribution in [2.75, 3.05) is 5.73 Å². The molecule has 15 heavy (non-hydrogen) atoms. The quantitative estimate of drug-likeness (QED) is 0.620. The summed E-state index contributed by atoms with van der Waals surface area (Å²) in [6.45, 7) is 1.54. The first-order valence-electron chi connectivity index (χ1n) is 4.20. The molecule has 0 amide bonds. The fraction of sp³-hybridized carbons (Fsp3) is 0.200. The van der Waals surface area contributed by atoms with E-state index in [0.717, 1.165) is 0 Å². The molecule has 0 radical (unpaired) electrons. The van der Waals surface area contributed by atoms with Gasteiger partial charge in [-0.15, -0.1) is 0 Å². The van der Waals surface area contributed by atoms with Gasteiger partial charge in [-0.3, -0.25) is 4.79 Å². The SMILES string of the molecule is Cc1c(N)c(C#N)cc(CC(=O)O)c1O. The minimum Gasteiger partial charge on any atom is -0.507 e. The summed E-state index contributed by atoms with van der Waals surface area (Å²) in [4.78, 5) is 10.5. The molecule has 0 spiro atoms. The molecule has 5 nitrogen and oxygen atoms in total. The van der Waals surface area contributed by atoms with E-state index in [2.05, 4.69) is 0 Å². The number of carbonyl (C=O) groups is 1. The molecule has 5 heteroatoms. The van der Waals surface area contributed by atoms with E-state index < -0.39 is 5.97 Å². The molecule has 0 aliphatic carbocycles. The Labute approximate surface area is 86.4 Å². The Morgan fingerprint density at radius 2 is 2.27 bits per heavy atom. The molecule has 0 bridgehead atoms. The summed E-state index contributed by atoms with van der Waals surface area (Å²) in [6.07, 6.45) is -0.332. The molecule has 0 saturated heterocycles. The van der Waals surface area contributed by atoms with Gasteiger partial charge in [0.25, 0.3) is 0 Å². The van der Waals surface area contributed by atoms with Gasteiger partial charge in [0, 0.05) is 11.1 Å². The Morgan fingerprint density at radius 3 is 2.73 bits per heavy atom. The number of aliphatic carboxylic acids is 1. The van der Waals surface area contributed by atoms with Crippen molar-refractivity contribution < 1.29 is 15.0 Å². The van der Waals surface area contributed by atoms with E-state index in [0.29, 0.717) is 5.56 Å². The minimum atomic E-state index is -1.07. The van der Waals surface area contributed by atoms with Crippen LogP contribution in [0.3, 0.4) is 0 Å². The van der Waals surface area contributed by atoms with Crippen LogP contribution >= 0.6 is 0 Å². The highest BCUT2D eigenvalue weighted by Gasteiger charge is 2.14. The van der Waals surface area contributed by atoms with Crippen molar-refractivity contribution in [3.05, 3.63) is 22.8 Å². The number of carboxylic acid groups (broad SMARTS) is 1. The monoisotopic (exact) mass is 206 g/mol. The molecule has 0 heterocycles. The van der Waals surface area contributed by atoms with Gasteiger partial charge in [0.1, 0.15) is 11.8 Å². The number of hydrogen-bond acceptors (Lipinski definition) is 4. The lowest BCUT2D eigenvalue weighted by molar-refractivity contribution is -0.136. The maximum absolute atomic E-state index is 10.5. The number of anilines is 1. The summed E-state index contributed by atoms with van der Waals surface area (Å²) in [5.41, 5.74) is 6.47. The van der Waals surface area contributed by atoms with Crippen LogP contribution in [0.25, 0.3) is 0 Å². The molecule has 0 unspecified atom stereocenters. The van der Waals surface area contributed by atoms with Crippen LogP contribution in [0.2, 0.25) is 0 Å². The first kappa shape index (κ1) is 10.9. The van der Waals surface area contributed by atoms with Crippen LogP contribution in [0.1, 0.15) is 16.7 Å². The lowest BCUT2D eigenvalue weighted by atomic mass is 10.0. The van der Waals surface area contributed by atoms with Crippen molar-refractivity contribution in [1.82, 2.24) is 0 Å². The molecular formula is C10H10N2O3. The number of phenolic OH excluding ortho intramolecular Hbond substituents is 1. The number of carboxylic acids is 1. The zero-order chi connectivity index (χ0) is 11.6. The van der Waals surface area contributed by atoms with Crippen LogP contribution in [-0.4, -0.2) is 16.2 Å². The lowest BCUT2D eigenvalue weighted by Crippen LogP contribution is -2.04. The summed E-state index contributed by atoms with van der Waals surface area (Å²) in [5.74, 6) is -1.23. The number of aromatic hydroxyl groups is 1. The summed E-state index contributed by atoms with van der Waals surface area (Å²) in [5, 5.41) is 26.9. The normalized spacial score (nSPS) is 9.60. The second kappa shape index (κ2) is 3.88. The molecule has 4 N–H and O–H groups in total. The van der Waals surface area contributed by atoms with Gasteiger partial charge in [0.2, 0.25) is 0 Å². The largest absolute Gasteiger partial charge is 0.507 e. The van der Waals surface area contributed by atoms with Gasteiger partial charge < -0.3 is 15.9 Å². The van der Waals surface area contributed by atoms with Gasteiger partial charge in [-0.05, 0) is 13.0 Å². The van der Waals surface area contributed by atoms with Crippen LogP contribution in [-0.2, 0) is 11.2 Å². The van der Waals surface area contributed by atoms with E-state index in [1.165, 1.54) is 13.0 Å². The molecule has 0 saturated carbocycles. The molecule has 1 rings (SSSR count). The summed E-state index contributed by atoms with van der Waals surface area (Å²) in [6, 6.07) is 3.15. The number of nitrogens with zero attached hydrogens (tertiary/aromatic N) is 1. The van der Waals surface area contributed by atoms with Crippen molar-refractivity contribution in [3.8, 4) is 11.8 Å². The molecule has 78 valence electrons. The fourth-order valence-corrected chi connectivity index (χ4v) is 1.28. The molecular weight excluding hydrogens is 196 g/mol. The summed E-state index contributed by atoms with van der Waals surface area (Å²) < 4.78 is 0. The summed E-state index contributed by atoms with van der Waals surface area (Å²) in [7, 11) is 0. The first-order valence-corrected chi connectivity index (χ1v) is 4.20. The highest BCUT2D eigenvalue weighted by molar-refractivity contribution is 5.74. The average Bonchev–Trinajstić information content (AvgIpc) is 2.18. The molecule has 0 aromatic heterocycles.